The molecule has 7 heteroatoms. The largest absolute Gasteiger partial charge is 0.497 e. The lowest BCUT2D eigenvalue weighted by Gasteiger charge is -2.38. The van der Waals surface area contributed by atoms with E-state index < -0.39 is 35.5 Å². The van der Waals surface area contributed by atoms with Gasteiger partial charge in [-0.1, -0.05) is 54.1 Å². The molecule has 0 N–H and O–H groups in total. The van der Waals surface area contributed by atoms with Crippen LogP contribution in [0.1, 0.15) is 22.6 Å². The minimum absolute atomic E-state index is 0.291. The Kier molecular flexibility index (Phi) is 5.23. The van der Waals surface area contributed by atoms with E-state index in [1.54, 1.807) is 31.4 Å². The number of imide groups is 1. The van der Waals surface area contributed by atoms with Crippen molar-refractivity contribution in [1.82, 2.24) is 0 Å². The minimum Gasteiger partial charge on any atom is -0.497 e. The molecule has 0 radical (unpaired) electrons. The molecule has 3 aromatic carbocycles. The number of methoxy groups -OCH3 is 1. The molecule has 0 aromatic heterocycles. The number of nitrogens with zero attached hydrogens (tertiary/aromatic N) is 1. The molecule has 2 amide bonds. The molecule has 36 heavy (non-hydrogen) atoms. The highest BCUT2D eigenvalue weighted by molar-refractivity contribution is 6.36. The Morgan fingerprint density at radius 1 is 0.917 bits per heavy atom. The molecule has 0 bridgehead atoms. The average molecular weight is 500 g/mol. The number of ether oxygens (including phenoxy) is 2. The van der Waals surface area contributed by atoms with E-state index >= 15 is 0 Å². The van der Waals surface area contributed by atoms with E-state index in [-0.39, 0.29) is 5.91 Å². The number of halogens is 1. The van der Waals surface area contributed by atoms with Gasteiger partial charge in [0.05, 0.1) is 35.6 Å². The number of anilines is 1. The maximum atomic E-state index is 13.9. The van der Waals surface area contributed by atoms with E-state index in [1.165, 1.54) is 0 Å². The predicted molar refractivity (Wildman–Crippen MR) is 135 cm³/mol. The molecule has 1 fully saturated rings. The molecule has 180 valence electrons. The van der Waals surface area contributed by atoms with E-state index in [9.17, 15) is 14.4 Å². The second-order valence-electron chi connectivity index (χ2n) is 9.33. The second kappa shape index (κ2) is 8.35. The summed E-state index contributed by atoms with van der Waals surface area (Å²) in [5.41, 5.74) is 3.60. The van der Waals surface area contributed by atoms with E-state index in [4.69, 9.17) is 21.1 Å². The SMILES string of the molecule is COc1ccc([C@@H]2C=C3c4ccc(C)cc4OC(=O)[C@@H]3[C@@H]3C(=O)N(c4ccccc4Cl)C(=O)[C@@H]32)cc1. The molecule has 2 heterocycles. The number of amides is 2. The molecular formula is C29H22ClNO5. The molecule has 2 aliphatic heterocycles. The molecule has 3 aromatic rings. The molecular weight excluding hydrogens is 478 g/mol. The number of rotatable bonds is 3. The van der Waals surface area contributed by atoms with Crippen LogP contribution < -0.4 is 14.4 Å². The van der Waals surface area contributed by atoms with Gasteiger partial charge in [0.15, 0.2) is 0 Å². The summed E-state index contributed by atoms with van der Waals surface area (Å²) < 4.78 is 11.0. The molecule has 1 aliphatic carbocycles. The van der Waals surface area contributed by atoms with E-state index in [1.807, 2.05) is 55.5 Å². The third-order valence-corrected chi connectivity index (χ3v) is 7.66. The van der Waals surface area contributed by atoms with Gasteiger partial charge in [-0.05, 0) is 54.0 Å². The number of esters is 1. The molecule has 6 nitrogen and oxygen atoms in total. The number of hydrogen-bond acceptors (Lipinski definition) is 5. The van der Waals surface area contributed by atoms with Gasteiger partial charge in [0.25, 0.3) is 0 Å². The first-order chi connectivity index (χ1) is 17.4. The lowest BCUT2D eigenvalue weighted by molar-refractivity contribution is -0.142. The van der Waals surface area contributed by atoms with Crippen LogP contribution in [0.25, 0.3) is 5.57 Å². The zero-order chi connectivity index (χ0) is 25.1. The lowest BCUT2D eigenvalue weighted by atomic mass is 9.64. The van der Waals surface area contributed by atoms with Gasteiger partial charge in [-0.3, -0.25) is 14.4 Å². The first kappa shape index (κ1) is 22.6. The Morgan fingerprint density at radius 2 is 1.64 bits per heavy atom. The monoisotopic (exact) mass is 499 g/mol. The minimum atomic E-state index is -0.914. The maximum absolute atomic E-state index is 13.9. The zero-order valence-electron chi connectivity index (χ0n) is 19.6. The maximum Gasteiger partial charge on any atom is 0.319 e. The Morgan fingerprint density at radius 3 is 2.36 bits per heavy atom. The van der Waals surface area contributed by atoms with Gasteiger partial charge in [-0.2, -0.15) is 0 Å². The van der Waals surface area contributed by atoms with Crippen molar-refractivity contribution in [2.24, 2.45) is 17.8 Å². The molecule has 0 unspecified atom stereocenters. The Balaban J connectivity index is 1.55. The lowest BCUT2D eigenvalue weighted by Crippen LogP contribution is -2.42. The van der Waals surface area contributed by atoms with E-state index in [2.05, 4.69) is 0 Å². The summed E-state index contributed by atoms with van der Waals surface area (Å²) >= 11 is 6.40. The van der Waals surface area contributed by atoms with E-state index in [0.717, 1.165) is 21.6 Å². The van der Waals surface area contributed by atoms with Crippen LogP contribution in [0.2, 0.25) is 5.02 Å². The number of fused-ring (bicyclic) bond motifs is 5. The van der Waals surface area contributed by atoms with Crippen LogP contribution in [-0.2, 0) is 14.4 Å². The van der Waals surface area contributed by atoms with Crippen LogP contribution in [0, 0.1) is 24.7 Å². The van der Waals surface area contributed by atoms with Gasteiger partial charge in [0, 0.05) is 11.5 Å². The third kappa shape index (κ3) is 3.28. The van der Waals surface area contributed by atoms with Gasteiger partial charge >= 0.3 is 5.97 Å². The van der Waals surface area contributed by atoms with Crippen LogP contribution in [0.4, 0.5) is 5.69 Å². The second-order valence-corrected chi connectivity index (χ2v) is 9.74. The fourth-order valence-electron chi connectivity index (χ4n) is 5.69. The van der Waals surface area contributed by atoms with Gasteiger partial charge in [-0.15, -0.1) is 0 Å². The number of aryl methyl sites for hydroxylation is 1. The predicted octanol–water partition coefficient (Wildman–Crippen LogP) is 5.18. The fourth-order valence-corrected chi connectivity index (χ4v) is 5.91. The molecule has 6 rings (SSSR count). The van der Waals surface area contributed by atoms with Crippen LogP contribution in [0.3, 0.4) is 0 Å². The van der Waals surface area contributed by atoms with Crippen molar-refractivity contribution >= 4 is 40.6 Å². The van der Waals surface area contributed by atoms with Gasteiger partial charge in [0.1, 0.15) is 11.5 Å². The Labute approximate surface area is 213 Å². The van der Waals surface area contributed by atoms with Crippen LogP contribution in [0.5, 0.6) is 11.5 Å². The number of para-hydroxylation sites is 1. The summed E-state index contributed by atoms with van der Waals surface area (Å²) in [5.74, 6) is -3.21. The topological polar surface area (TPSA) is 72.9 Å². The molecule has 4 atom stereocenters. The van der Waals surface area contributed by atoms with Crippen molar-refractivity contribution < 1.29 is 23.9 Å². The fraction of sp³-hybridized carbons (Fsp3) is 0.207. The standard InChI is InChI=1S/C29H22ClNO5/c1-15-7-12-18-20-14-19(16-8-10-17(35-2)11-9-16)24-26(25(20)29(34)36-23(18)13-15)28(33)31(27(24)32)22-6-4-3-5-21(22)30/h3-14,19,24-26H,1-2H3/t19-,24+,25-,26+/m0/s1. The number of carbonyl (C=O) groups is 3. The summed E-state index contributed by atoms with van der Waals surface area (Å²) in [4.78, 5) is 42.3. The Bertz CT molecular complexity index is 1460. The zero-order valence-corrected chi connectivity index (χ0v) is 20.4. The highest BCUT2D eigenvalue weighted by atomic mass is 35.5. The highest BCUT2D eigenvalue weighted by Crippen LogP contribution is 2.55. The quantitative estimate of drug-likeness (QED) is 0.282. The highest BCUT2D eigenvalue weighted by Gasteiger charge is 2.60. The molecule has 3 aliphatic rings. The molecule has 1 saturated heterocycles. The summed E-state index contributed by atoms with van der Waals surface area (Å²) in [6.45, 7) is 1.92. The van der Waals surface area contributed by atoms with Crippen molar-refractivity contribution in [3.63, 3.8) is 0 Å². The van der Waals surface area contributed by atoms with Crippen molar-refractivity contribution in [3.05, 3.63) is 94.5 Å². The number of hydrogen-bond donors (Lipinski definition) is 0. The number of carbonyl (C=O) groups excluding carboxylic acids is 3. The normalized spacial score (nSPS) is 24.5. The van der Waals surface area contributed by atoms with Gasteiger partial charge in [0.2, 0.25) is 11.8 Å². The number of benzene rings is 3. The average Bonchev–Trinajstić information content (AvgIpc) is 3.13. The summed E-state index contributed by atoms with van der Waals surface area (Å²) in [7, 11) is 1.59. The molecule has 0 spiro atoms. The molecule has 0 saturated carbocycles. The van der Waals surface area contributed by atoms with Crippen LogP contribution >= 0.6 is 11.6 Å². The first-order valence-electron chi connectivity index (χ1n) is 11.7. The van der Waals surface area contributed by atoms with Gasteiger partial charge in [-0.25, -0.2) is 4.90 Å². The van der Waals surface area contributed by atoms with Crippen molar-refractivity contribution in [1.29, 1.82) is 0 Å². The first-order valence-corrected chi connectivity index (χ1v) is 12.1. The summed E-state index contributed by atoms with van der Waals surface area (Å²) in [6.07, 6.45) is 1.96. The van der Waals surface area contributed by atoms with Gasteiger partial charge < -0.3 is 9.47 Å². The smallest absolute Gasteiger partial charge is 0.319 e. The van der Waals surface area contributed by atoms with E-state index in [0.29, 0.717) is 27.8 Å². The summed E-state index contributed by atoms with van der Waals surface area (Å²) in [5, 5.41) is 0.291. The number of allylic oxidation sites excluding steroid dienone is 1. The van der Waals surface area contributed by atoms with Crippen LogP contribution in [0.15, 0.2) is 72.8 Å². The van der Waals surface area contributed by atoms with Crippen molar-refractivity contribution in [2.75, 3.05) is 12.0 Å². The Hall–Kier alpha value is -3.90. The summed E-state index contributed by atoms with van der Waals surface area (Å²) in [6, 6.07) is 19.9. The van der Waals surface area contributed by atoms with Crippen molar-refractivity contribution in [2.45, 2.75) is 12.8 Å². The van der Waals surface area contributed by atoms with Crippen molar-refractivity contribution in [3.8, 4) is 11.5 Å². The third-order valence-electron chi connectivity index (χ3n) is 7.34. The van der Waals surface area contributed by atoms with Crippen LogP contribution in [-0.4, -0.2) is 24.9 Å².